The summed E-state index contributed by atoms with van der Waals surface area (Å²) in [6.45, 7) is 3.47. The first-order valence-corrected chi connectivity index (χ1v) is 10.2. The van der Waals surface area contributed by atoms with Gasteiger partial charge in [-0.3, -0.25) is 9.78 Å². The van der Waals surface area contributed by atoms with Crippen molar-refractivity contribution in [3.63, 3.8) is 0 Å². The molecule has 150 valence electrons. The Bertz CT molecular complexity index is 1180. The van der Waals surface area contributed by atoms with Gasteiger partial charge in [-0.1, -0.05) is 18.2 Å². The molecule has 0 spiro atoms. The predicted octanol–water partition coefficient (Wildman–Crippen LogP) is 3.74. The standard InChI is InChI=1S/C23H22N6O/c1-15-5-4-7-18-20(15)28-21(27-18)16-8-11-29(12-9-16)23(30)17-13-25-22(26-14-17)19-6-2-3-10-24-19/h2-7,10,13-14,16H,8-9,11-12H2,1H3,(H,27,28). The number of aryl methyl sites for hydroxylation is 1. The number of aromatic amines is 1. The third-order valence-electron chi connectivity index (χ3n) is 5.69. The Balaban J connectivity index is 1.26. The molecule has 1 aliphatic heterocycles. The first-order valence-electron chi connectivity index (χ1n) is 10.2. The van der Waals surface area contributed by atoms with Gasteiger partial charge < -0.3 is 9.88 Å². The Morgan fingerprint density at radius 2 is 1.83 bits per heavy atom. The molecular formula is C23H22N6O. The molecule has 1 aromatic carbocycles. The number of hydrogen-bond acceptors (Lipinski definition) is 5. The van der Waals surface area contributed by atoms with Crippen molar-refractivity contribution in [3.05, 3.63) is 71.9 Å². The van der Waals surface area contributed by atoms with Crippen molar-refractivity contribution < 1.29 is 4.79 Å². The number of fused-ring (bicyclic) bond motifs is 1. The van der Waals surface area contributed by atoms with Crippen LogP contribution in [-0.4, -0.2) is 48.8 Å². The quantitative estimate of drug-likeness (QED) is 0.568. The van der Waals surface area contributed by atoms with E-state index in [1.54, 1.807) is 18.6 Å². The first kappa shape index (κ1) is 18.4. The number of amides is 1. The van der Waals surface area contributed by atoms with E-state index in [2.05, 4.69) is 39.0 Å². The number of likely N-dealkylation sites (tertiary alicyclic amines) is 1. The van der Waals surface area contributed by atoms with Gasteiger partial charge in [-0.05, 0) is 43.5 Å². The Morgan fingerprint density at radius 1 is 1.03 bits per heavy atom. The Kier molecular flexibility index (Phi) is 4.71. The van der Waals surface area contributed by atoms with E-state index in [0.717, 1.165) is 29.7 Å². The molecule has 1 fully saturated rings. The van der Waals surface area contributed by atoms with Crippen LogP contribution in [0.5, 0.6) is 0 Å². The van der Waals surface area contributed by atoms with E-state index in [1.165, 1.54) is 5.56 Å². The van der Waals surface area contributed by atoms with Crippen LogP contribution < -0.4 is 0 Å². The van der Waals surface area contributed by atoms with Gasteiger partial charge in [0.15, 0.2) is 5.82 Å². The predicted molar refractivity (Wildman–Crippen MR) is 114 cm³/mol. The highest BCUT2D eigenvalue weighted by atomic mass is 16.2. The molecule has 4 aromatic rings. The van der Waals surface area contributed by atoms with Crippen LogP contribution in [0.25, 0.3) is 22.6 Å². The van der Waals surface area contributed by atoms with Crippen LogP contribution in [0, 0.1) is 6.92 Å². The zero-order chi connectivity index (χ0) is 20.5. The normalized spacial score (nSPS) is 14.9. The molecule has 0 bridgehead atoms. The fourth-order valence-corrected chi connectivity index (χ4v) is 3.99. The second-order valence-electron chi connectivity index (χ2n) is 7.67. The maximum absolute atomic E-state index is 12.9. The van der Waals surface area contributed by atoms with Gasteiger partial charge in [0.05, 0.1) is 16.6 Å². The van der Waals surface area contributed by atoms with Gasteiger partial charge in [-0.25, -0.2) is 15.0 Å². The molecule has 3 aromatic heterocycles. The molecule has 1 aliphatic rings. The van der Waals surface area contributed by atoms with Crippen molar-refractivity contribution >= 4 is 16.9 Å². The highest BCUT2D eigenvalue weighted by Gasteiger charge is 2.27. The fraction of sp³-hybridized carbons (Fsp3) is 0.261. The summed E-state index contributed by atoms with van der Waals surface area (Å²) >= 11 is 0. The second kappa shape index (κ2) is 7.67. The molecule has 4 heterocycles. The number of H-pyrrole nitrogens is 1. The van der Waals surface area contributed by atoms with Crippen molar-refractivity contribution in [1.29, 1.82) is 0 Å². The van der Waals surface area contributed by atoms with E-state index in [9.17, 15) is 4.79 Å². The molecule has 1 N–H and O–H groups in total. The number of aromatic nitrogens is 5. The van der Waals surface area contributed by atoms with Crippen molar-refractivity contribution in [2.75, 3.05) is 13.1 Å². The Morgan fingerprint density at radius 3 is 2.53 bits per heavy atom. The van der Waals surface area contributed by atoms with Gasteiger partial charge in [0.2, 0.25) is 0 Å². The zero-order valence-electron chi connectivity index (χ0n) is 16.7. The van der Waals surface area contributed by atoms with Crippen molar-refractivity contribution in [3.8, 4) is 11.5 Å². The van der Waals surface area contributed by atoms with E-state index in [1.807, 2.05) is 29.2 Å². The average molecular weight is 398 g/mol. The van der Waals surface area contributed by atoms with E-state index < -0.39 is 0 Å². The topological polar surface area (TPSA) is 87.7 Å². The summed E-state index contributed by atoms with van der Waals surface area (Å²) in [4.78, 5) is 35.9. The summed E-state index contributed by atoms with van der Waals surface area (Å²) in [5, 5.41) is 0. The zero-order valence-corrected chi connectivity index (χ0v) is 16.7. The van der Waals surface area contributed by atoms with Gasteiger partial charge >= 0.3 is 0 Å². The maximum Gasteiger partial charge on any atom is 0.256 e. The SMILES string of the molecule is Cc1cccc2[nH]c(C3CCN(C(=O)c4cnc(-c5ccccn5)nc4)CC3)nc12. The summed E-state index contributed by atoms with van der Waals surface area (Å²) in [6.07, 6.45) is 6.65. The van der Waals surface area contributed by atoms with Crippen LogP contribution in [-0.2, 0) is 0 Å². The maximum atomic E-state index is 12.9. The third-order valence-corrected chi connectivity index (χ3v) is 5.69. The van der Waals surface area contributed by atoms with E-state index >= 15 is 0 Å². The monoisotopic (exact) mass is 398 g/mol. The molecule has 7 nitrogen and oxygen atoms in total. The number of benzene rings is 1. The minimum absolute atomic E-state index is 0.0264. The van der Waals surface area contributed by atoms with Crippen molar-refractivity contribution in [1.82, 2.24) is 29.8 Å². The molecule has 0 saturated carbocycles. The molecule has 7 heteroatoms. The number of nitrogens with zero attached hydrogens (tertiary/aromatic N) is 5. The Hall–Kier alpha value is -3.61. The summed E-state index contributed by atoms with van der Waals surface area (Å²) in [6, 6.07) is 11.8. The number of imidazole rings is 1. The average Bonchev–Trinajstić information content (AvgIpc) is 3.25. The number of carbonyl (C=O) groups is 1. The van der Waals surface area contributed by atoms with Crippen LogP contribution in [0.1, 0.15) is 40.5 Å². The molecular weight excluding hydrogens is 376 g/mol. The van der Waals surface area contributed by atoms with E-state index in [-0.39, 0.29) is 5.91 Å². The molecule has 0 unspecified atom stereocenters. The molecule has 30 heavy (non-hydrogen) atoms. The summed E-state index contributed by atoms with van der Waals surface area (Å²) in [7, 11) is 0. The van der Waals surface area contributed by atoms with Crippen LogP contribution in [0.4, 0.5) is 0 Å². The fourth-order valence-electron chi connectivity index (χ4n) is 3.99. The van der Waals surface area contributed by atoms with E-state index in [4.69, 9.17) is 4.98 Å². The van der Waals surface area contributed by atoms with Crippen molar-refractivity contribution in [2.24, 2.45) is 0 Å². The number of carbonyl (C=O) groups excluding carboxylic acids is 1. The Labute approximate surface area is 174 Å². The van der Waals surface area contributed by atoms with Gasteiger partial charge in [0, 0.05) is 37.6 Å². The molecule has 0 atom stereocenters. The highest BCUT2D eigenvalue weighted by molar-refractivity contribution is 5.93. The summed E-state index contributed by atoms with van der Waals surface area (Å²) in [5.41, 5.74) is 4.49. The lowest BCUT2D eigenvalue weighted by Gasteiger charge is -2.31. The van der Waals surface area contributed by atoms with Gasteiger partial charge in [-0.2, -0.15) is 0 Å². The van der Waals surface area contributed by atoms with Gasteiger partial charge in [0.25, 0.3) is 5.91 Å². The second-order valence-corrected chi connectivity index (χ2v) is 7.67. The highest BCUT2D eigenvalue weighted by Crippen LogP contribution is 2.29. The lowest BCUT2D eigenvalue weighted by atomic mass is 9.96. The van der Waals surface area contributed by atoms with Crippen LogP contribution >= 0.6 is 0 Å². The molecule has 5 rings (SSSR count). The number of piperidine rings is 1. The lowest BCUT2D eigenvalue weighted by molar-refractivity contribution is 0.0710. The molecule has 1 saturated heterocycles. The summed E-state index contributed by atoms with van der Waals surface area (Å²) < 4.78 is 0. The number of pyridine rings is 1. The van der Waals surface area contributed by atoms with Gasteiger partial charge in [-0.15, -0.1) is 0 Å². The largest absolute Gasteiger partial charge is 0.342 e. The number of nitrogens with one attached hydrogen (secondary N) is 1. The van der Waals surface area contributed by atoms with Crippen LogP contribution in [0.15, 0.2) is 55.0 Å². The minimum atomic E-state index is -0.0264. The first-order chi connectivity index (χ1) is 14.7. The number of rotatable bonds is 3. The van der Waals surface area contributed by atoms with E-state index in [0.29, 0.717) is 36.1 Å². The van der Waals surface area contributed by atoms with Gasteiger partial charge in [0.1, 0.15) is 11.5 Å². The number of para-hydroxylation sites is 1. The third kappa shape index (κ3) is 3.43. The molecule has 1 amide bonds. The molecule has 0 aliphatic carbocycles. The van der Waals surface area contributed by atoms with Crippen LogP contribution in [0.2, 0.25) is 0 Å². The van der Waals surface area contributed by atoms with Crippen LogP contribution in [0.3, 0.4) is 0 Å². The lowest BCUT2D eigenvalue weighted by Crippen LogP contribution is -2.38. The number of hydrogen-bond donors (Lipinski definition) is 1. The molecule has 0 radical (unpaired) electrons. The minimum Gasteiger partial charge on any atom is -0.342 e. The van der Waals surface area contributed by atoms with Crippen molar-refractivity contribution in [2.45, 2.75) is 25.7 Å². The summed E-state index contributed by atoms with van der Waals surface area (Å²) in [5.74, 6) is 1.85. The smallest absolute Gasteiger partial charge is 0.256 e.